The van der Waals surface area contributed by atoms with Crippen molar-refractivity contribution in [2.75, 3.05) is 27.7 Å². The molecular weight excluding hydrogens is 386 g/mol. The molecule has 5 heteroatoms. The van der Waals surface area contributed by atoms with Gasteiger partial charge in [-0.25, -0.2) is 4.98 Å². The quantitative estimate of drug-likeness (QED) is 0.484. The van der Waals surface area contributed by atoms with Crippen molar-refractivity contribution < 1.29 is 9.84 Å². The molecule has 2 aromatic heterocycles. The van der Waals surface area contributed by atoms with E-state index in [4.69, 9.17) is 9.72 Å². The molecule has 0 aliphatic heterocycles. The van der Waals surface area contributed by atoms with Gasteiger partial charge in [-0.15, -0.1) is 0 Å². The van der Waals surface area contributed by atoms with Crippen LogP contribution >= 0.6 is 0 Å². The topological polar surface area (TPSA) is 58.5 Å². The van der Waals surface area contributed by atoms with Crippen LogP contribution in [0.15, 0.2) is 79.0 Å². The van der Waals surface area contributed by atoms with E-state index in [1.165, 1.54) is 0 Å². The van der Waals surface area contributed by atoms with Gasteiger partial charge in [0.05, 0.1) is 18.3 Å². The fraction of sp³-hybridized carbons (Fsp3) is 0.231. The Bertz CT molecular complexity index is 1160. The lowest BCUT2D eigenvalue weighted by molar-refractivity contribution is 0.0600. The summed E-state index contributed by atoms with van der Waals surface area (Å²) in [6.07, 6.45) is 2.22. The minimum absolute atomic E-state index is 0.503. The Morgan fingerprint density at radius 3 is 2.42 bits per heavy atom. The Hall–Kier alpha value is -3.28. The van der Waals surface area contributed by atoms with Crippen LogP contribution in [0.25, 0.3) is 22.0 Å². The molecule has 5 nitrogen and oxygen atoms in total. The Morgan fingerprint density at radius 2 is 1.74 bits per heavy atom. The minimum Gasteiger partial charge on any atom is -0.481 e. The smallest absolute Gasteiger partial charge is 0.221 e. The third kappa shape index (κ3) is 4.15. The summed E-state index contributed by atoms with van der Waals surface area (Å²) in [5, 5.41) is 12.9. The molecule has 4 aromatic rings. The molecule has 0 spiro atoms. The average molecular weight is 414 g/mol. The van der Waals surface area contributed by atoms with E-state index in [0.29, 0.717) is 24.5 Å². The molecule has 0 aliphatic rings. The standard InChI is InChI=1S/C26H27N3O2/c1-29(2)17-15-26(30,24-14-7-8-16-27-24)22-12-9-13-23-21(22)18-20(25(28-23)31-3)19-10-5-4-6-11-19/h4-14,16,18,30H,15,17H2,1-3H3. The van der Waals surface area contributed by atoms with E-state index in [-0.39, 0.29) is 0 Å². The number of methoxy groups -OCH3 is 1. The summed E-state index contributed by atoms with van der Waals surface area (Å²) >= 11 is 0. The number of aromatic nitrogens is 2. The maximum atomic E-state index is 12.0. The van der Waals surface area contributed by atoms with Gasteiger partial charge in [-0.3, -0.25) is 4.98 Å². The summed E-state index contributed by atoms with van der Waals surface area (Å²) in [6, 6.07) is 23.6. The first-order valence-corrected chi connectivity index (χ1v) is 10.3. The summed E-state index contributed by atoms with van der Waals surface area (Å²) in [6.45, 7) is 0.707. The number of rotatable bonds is 7. The van der Waals surface area contributed by atoms with Gasteiger partial charge in [0.2, 0.25) is 5.88 Å². The van der Waals surface area contributed by atoms with Crippen molar-refractivity contribution >= 4 is 10.9 Å². The lowest BCUT2D eigenvalue weighted by Gasteiger charge is -2.31. The SMILES string of the molecule is COc1nc2cccc(C(O)(CCN(C)C)c3ccccn3)c2cc1-c1ccccc1. The Kier molecular flexibility index (Phi) is 5.98. The van der Waals surface area contributed by atoms with Gasteiger partial charge in [0.15, 0.2) is 0 Å². The molecule has 1 N–H and O–H groups in total. The van der Waals surface area contributed by atoms with E-state index in [2.05, 4.69) is 16.0 Å². The average Bonchev–Trinajstić information content (AvgIpc) is 2.82. The highest BCUT2D eigenvalue weighted by Crippen LogP contribution is 2.39. The predicted molar refractivity (Wildman–Crippen MR) is 124 cm³/mol. The third-order valence-electron chi connectivity index (χ3n) is 5.56. The van der Waals surface area contributed by atoms with E-state index in [9.17, 15) is 5.11 Å². The molecule has 0 aliphatic carbocycles. The zero-order valence-electron chi connectivity index (χ0n) is 18.1. The highest BCUT2D eigenvalue weighted by Gasteiger charge is 2.34. The van der Waals surface area contributed by atoms with E-state index in [1.807, 2.05) is 80.8 Å². The van der Waals surface area contributed by atoms with Gasteiger partial charge in [-0.05, 0) is 55.9 Å². The maximum absolute atomic E-state index is 12.0. The molecule has 4 rings (SSSR count). The zero-order chi connectivity index (χ0) is 21.8. The van der Waals surface area contributed by atoms with Gasteiger partial charge in [-0.2, -0.15) is 0 Å². The first kappa shape index (κ1) is 21.0. The lowest BCUT2D eigenvalue weighted by Crippen LogP contribution is -2.33. The number of nitrogens with zero attached hydrogens (tertiary/aromatic N) is 3. The molecule has 0 amide bonds. The molecule has 2 aromatic carbocycles. The van der Waals surface area contributed by atoms with Crippen molar-refractivity contribution in [3.63, 3.8) is 0 Å². The monoisotopic (exact) mass is 413 g/mol. The van der Waals surface area contributed by atoms with Crippen molar-refractivity contribution in [3.8, 4) is 17.0 Å². The fourth-order valence-corrected chi connectivity index (χ4v) is 3.91. The molecule has 1 unspecified atom stereocenters. The molecule has 31 heavy (non-hydrogen) atoms. The Balaban J connectivity index is 1.96. The fourth-order valence-electron chi connectivity index (χ4n) is 3.91. The van der Waals surface area contributed by atoms with E-state index >= 15 is 0 Å². The van der Waals surface area contributed by atoms with Crippen molar-refractivity contribution in [1.82, 2.24) is 14.9 Å². The second kappa shape index (κ2) is 8.84. The van der Waals surface area contributed by atoms with Crippen LogP contribution in [0.2, 0.25) is 0 Å². The van der Waals surface area contributed by atoms with E-state index in [0.717, 1.165) is 27.6 Å². The molecule has 2 heterocycles. The maximum Gasteiger partial charge on any atom is 0.221 e. The number of hydrogen-bond donors (Lipinski definition) is 1. The number of aliphatic hydroxyl groups is 1. The number of hydrogen-bond acceptors (Lipinski definition) is 5. The van der Waals surface area contributed by atoms with E-state index in [1.54, 1.807) is 13.3 Å². The minimum atomic E-state index is -1.25. The van der Waals surface area contributed by atoms with Gasteiger partial charge in [0, 0.05) is 23.7 Å². The number of benzene rings is 2. The zero-order valence-corrected chi connectivity index (χ0v) is 18.1. The van der Waals surface area contributed by atoms with Crippen LogP contribution < -0.4 is 4.74 Å². The van der Waals surface area contributed by atoms with Crippen molar-refractivity contribution in [2.24, 2.45) is 0 Å². The first-order valence-electron chi connectivity index (χ1n) is 10.3. The number of pyridine rings is 2. The summed E-state index contributed by atoms with van der Waals surface area (Å²) in [5.74, 6) is 0.561. The Morgan fingerprint density at radius 1 is 0.968 bits per heavy atom. The largest absolute Gasteiger partial charge is 0.481 e. The second-order valence-corrected chi connectivity index (χ2v) is 7.91. The molecular formula is C26H27N3O2. The summed E-state index contributed by atoms with van der Waals surface area (Å²) in [4.78, 5) is 11.3. The Labute approximate surface area is 183 Å². The van der Waals surface area contributed by atoms with Crippen LogP contribution in [0.1, 0.15) is 17.7 Å². The highest BCUT2D eigenvalue weighted by molar-refractivity contribution is 5.89. The predicted octanol–water partition coefficient (Wildman–Crippen LogP) is 4.49. The van der Waals surface area contributed by atoms with E-state index < -0.39 is 5.60 Å². The van der Waals surface area contributed by atoms with Crippen LogP contribution in [0.4, 0.5) is 0 Å². The van der Waals surface area contributed by atoms with Gasteiger partial charge in [0.25, 0.3) is 0 Å². The van der Waals surface area contributed by atoms with Gasteiger partial charge in [-0.1, -0.05) is 48.5 Å². The molecule has 0 fully saturated rings. The van der Waals surface area contributed by atoms with Crippen LogP contribution in [0.5, 0.6) is 5.88 Å². The van der Waals surface area contributed by atoms with Gasteiger partial charge < -0.3 is 14.7 Å². The van der Waals surface area contributed by atoms with Crippen LogP contribution in [0.3, 0.4) is 0 Å². The summed E-state index contributed by atoms with van der Waals surface area (Å²) < 4.78 is 5.60. The summed E-state index contributed by atoms with van der Waals surface area (Å²) in [5.41, 5.74) is 2.83. The van der Waals surface area contributed by atoms with Gasteiger partial charge in [0.1, 0.15) is 5.60 Å². The molecule has 158 valence electrons. The van der Waals surface area contributed by atoms with Crippen molar-refractivity contribution in [2.45, 2.75) is 12.0 Å². The van der Waals surface area contributed by atoms with Gasteiger partial charge >= 0.3 is 0 Å². The van der Waals surface area contributed by atoms with Crippen LogP contribution in [-0.4, -0.2) is 47.7 Å². The molecule has 1 atom stereocenters. The molecule has 0 saturated heterocycles. The molecule has 0 saturated carbocycles. The first-order chi connectivity index (χ1) is 15.0. The molecule has 0 bridgehead atoms. The van der Waals surface area contributed by atoms with Crippen molar-refractivity contribution in [3.05, 3.63) is 90.3 Å². The molecule has 0 radical (unpaired) electrons. The lowest BCUT2D eigenvalue weighted by atomic mass is 9.83. The third-order valence-corrected chi connectivity index (χ3v) is 5.56. The summed E-state index contributed by atoms with van der Waals surface area (Å²) in [7, 11) is 5.63. The van der Waals surface area contributed by atoms with Crippen LogP contribution in [-0.2, 0) is 5.60 Å². The number of fused-ring (bicyclic) bond motifs is 1. The normalized spacial score (nSPS) is 13.3. The highest BCUT2D eigenvalue weighted by atomic mass is 16.5. The van der Waals surface area contributed by atoms with Crippen LogP contribution in [0, 0.1) is 0 Å². The number of ether oxygens (including phenoxy) is 1. The second-order valence-electron chi connectivity index (χ2n) is 7.91. The van der Waals surface area contributed by atoms with Crippen molar-refractivity contribution in [1.29, 1.82) is 0 Å².